The summed E-state index contributed by atoms with van der Waals surface area (Å²) in [6.07, 6.45) is 4.18. The molecule has 0 aromatic heterocycles. The lowest BCUT2D eigenvalue weighted by Gasteiger charge is -2.15. The molecule has 1 amide bonds. The van der Waals surface area contributed by atoms with Gasteiger partial charge in [-0.3, -0.25) is 4.79 Å². The first-order chi connectivity index (χ1) is 6.11. The van der Waals surface area contributed by atoms with Crippen LogP contribution >= 0.6 is 0 Å². The molecule has 2 nitrogen and oxygen atoms in total. The third-order valence-corrected chi connectivity index (χ3v) is 2.28. The molecule has 0 bridgehead atoms. The maximum absolute atomic E-state index is 11.5. The van der Waals surface area contributed by atoms with Gasteiger partial charge in [-0.25, -0.2) is 0 Å². The summed E-state index contributed by atoms with van der Waals surface area (Å²) in [5, 5.41) is 2.96. The van der Waals surface area contributed by atoms with Gasteiger partial charge in [0, 0.05) is 6.04 Å². The van der Waals surface area contributed by atoms with Gasteiger partial charge in [0.15, 0.2) is 0 Å². The fourth-order valence-electron chi connectivity index (χ4n) is 1.00. The highest BCUT2D eigenvalue weighted by molar-refractivity contribution is 5.89. The van der Waals surface area contributed by atoms with Crippen LogP contribution in [0.15, 0.2) is 0 Å². The van der Waals surface area contributed by atoms with Crippen LogP contribution in [0.3, 0.4) is 0 Å². The second kappa shape index (κ2) is 6.93. The van der Waals surface area contributed by atoms with E-state index in [0.29, 0.717) is 6.04 Å². The van der Waals surface area contributed by atoms with E-state index in [4.69, 9.17) is 0 Å². The average Bonchev–Trinajstić information content (AvgIpc) is 2.13. The van der Waals surface area contributed by atoms with E-state index < -0.39 is 0 Å². The number of rotatable bonds is 6. The van der Waals surface area contributed by atoms with Crippen molar-refractivity contribution in [1.82, 2.24) is 5.32 Å². The van der Waals surface area contributed by atoms with Crippen LogP contribution in [-0.2, 0) is 4.79 Å². The molecule has 1 radical (unpaired) electrons. The molecule has 0 aliphatic heterocycles. The summed E-state index contributed by atoms with van der Waals surface area (Å²) in [5.41, 5.74) is 0. The lowest BCUT2D eigenvalue weighted by molar-refractivity contribution is -0.120. The van der Waals surface area contributed by atoms with Gasteiger partial charge in [0.05, 0.1) is 5.92 Å². The van der Waals surface area contributed by atoms with Gasteiger partial charge in [0.1, 0.15) is 0 Å². The molecule has 0 rings (SSSR count). The highest BCUT2D eigenvalue weighted by Gasteiger charge is 2.13. The zero-order valence-corrected chi connectivity index (χ0v) is 9.31. The Kier molecular flexibility index (Phi) is 6.65. The molecule has 13 heavy (non-hydrogen) atoms. The molecule has 0 aliphatic carbocycles. The Hall–Kier alpha value is -0.530. The first-order valence-electron chi connectivity index (χ1n) is 5.25. The summed E-state index contributed by atoms with van der Waals surface area (Å²) in [6.45, 7) is 8.17. The van der Waals surface area contributed by atoms with Gasteiger partial charge in [-0.15, -0.1) is 0 Å². The van der Waals surface area contributed by atoms with Gasteiger partial charge in [-0.1, -0.05) is 26.7 Å². The summed E-state index contributed by atoms with van der Waals surface area (Å²) < 4.78 is 0. The van der Waals surface area contributed by atoms with E-state index in [1.54, 1.807) is 0 Å². The van der Waals surface area contributed by atoms with E-state index in [-0.39, 0.29) is 5.91 Å². The number of amides is 1. The molecule has 0 aliphatic rings. The van der Waals surface area contributed by atoms with Crippen LogP contribution in [0.25, 0.3) is 0 Å². The Morgan fingerprint density at radius 1 is 1.38 bits per heavy atom. The maximum atomic E-state index is 11.5. The van der Waals surface area contributed by atoms with Crippen molar-refractivity contribution in [3.8, 4) is 0 Å². The first-order valence-corrected chi connectivity index (χ1v) is 5.25. The second-order valence-electron chi connectivity index (χ2n) is 3.67. The van der Waals surface area contributed by atoms with Crippen molar-refractivity contribution in [2.45, 2.75) is 59.4 Å². The van der Waals surface area contributed by atoms with Crippen molar-refractivity contribution in [2.24, 2.45) is 0 Å². The minimum Gasteiger partial charge on any atom is -0.353 e. The summed E-state index contributed by atoms with van der Waals surface area (Å²) in [7, 11) is 0. The van der Waals surface area contributed by atoms with E-state index in [0.717, 1.165) is 31.6 Å². The number of hydrogen-bond donors (Lipinski definition) is 1. The van der Waals surface area contributed by atoms with Gasteiger partial charge in [-0.05, 0) is 26.7 Å². The van der Waals surface area contributed by atoms with E-state index in [1.807, 2.05) is 13.8 Å². The van der Waals surface area contributed by atoms with Gasteiger partial charge in [-0.2, -0.15) is 0 Å². The van der Waals surface area contributed by atoms with Crippen molar-refractivity contribution < 1.29 is 4.79 Å². The number of hydrogen-bond acceptors (Lipinski definition) is 1. The molecule has 77 valence electrons. The Bertz CT molecular complexity index is 145. The highest BCUT2D eigenvalue weighted by Crippen LogP contribution is 2.10. The number of nitrogens with one attached hydrogen (secondary N) is 1. The van der Waals surface area contributed by atoms with Gasteiger partial charge < -0.3 is 5.32 Å². The second-order valence-corrected chi connectivity index (χ2v) is 3.67. The average molecular weight is 184 g/mol. The zero-order chi connectivity index (χ0) is 10.3. The van der Waals surface area contributed by atoms with E-state index in [1.165, 1.54) is 0 Å². The topological polar surface area (TPSA) is 29.1 Å². The molecule has 0 heterocycles. The van der Waals surface area contributed by atoms with E-state index in [9.17, 15) is 4.79 Å². The van der Waals surface area contributed by atoms with Crippen LogP contribution in [0.5, 0.6) is 0 Å². The van der Waals surface area contributed by atoms with Crippen molar-refractivity contribution in [1.29, 1.82) is 0 Å². The maximum Gasteiger partial charge on any atom is 0.227 e. The number of unbranched alkanes of at least 4 members (excludes halogenated alkanes) is 1. The lowest BCUT2D eigenvalue weighted by atomic mass is 10.0. The minimum atomic E-state index is 0.128. The molecule has 0 fully saturated rings. The smallest absolute Gasteiger partial charge is 0.227 e. The third kappa shape index (κ3) is 5.67. The summed E-state index contributed by atoms with van der Waals surface area (Å²) in [4.78, 5) is 11.5. The fourth-order valence-corrected chi connectivity index (χ4v) is 1.00. The standard InChI is InChI=1S/C11H22NO/c1-5-7-8-9(3)11(13)12-10(4)6-2/h10H,5-8H2,1-4H3,(H,12,13). The Balaban J connectivity index is 3.68. The molecule has 1 atom stereocenters. The molecular weight excluding hydrogens is 162 g/mol. The van der Waals surface area contributed by atoms with E-state index in [2.05, 4.69) is 19.2 Å². The van der Waals surface area contributed by atoms with Crippen LogP contribution in [0, 0.1) is 5.92 Å². The highest BCUT2D eigenvalue weighted by atomic mass is 16.1. The van der Waals surface area contributed by atoms with Gasteiger partial charge in [0.25, 0.3) is 0 Å². The minimum absolute atomic E-state index is 0.128. The molecular formula is C11H22NO. The van der Waals surface area contributed by atoms with Crippen LogP contribution < -0.4 is 5.32 Å². The summed E-state index contributed by atoms with van der Waals surface area (Å²) in [5.74, 6) is 1.09. The van der Waals surface area contributed by atoms with Crippen molar-refractivity contribution in [3.63, 3.8) is 0 Å². The van der Waals surface area contributed by atoms with Gasteiger partial charge >= 0.3 is 0 Å². The molecule has 1 N–H and O–H groups in total. The fraction of sp³-hybridized carbons (Fsp3) is 0.818. The molecule has 1 unspecified atom stereocenters. The molecule has 0 spiro atoms. The molecule has 2 heteroatoms. The van der Waals surface area contributed by atoms with E-state index >= 15 is 0 Å². The van der Waals surface area contributed by atoms with Crippen LogP contribution in [0.2, 0.25) is 0 Å². The Morgan fingerprint density at radius 3 is 2.46 bits per heavy atom. The van der Waals surface area contributed by atoms with Crippen LogP contribution in [0.4, 0.5) is 0 Å². The normalized spacial score (nSPS) is 13.0. The SMILES string of the molecule is CCCC[C](C)C(=O)NC(C)CC. The van der Waals surface area contributed by atoms with Crippen LogP contribution in [0.1, 0.15) is 53.4 Å². The third-order valence-electron chi connectivity index (χ3n) is 2.28. The number of carbonyl (C=O) groups is 1. The largest absolute Gasteiger partial charge is 0.353 e. The predicted molar refractivity (Wildman–Crippen MR) is 56.3 cm³/mol. The summed E-state index contributed by atoms with van der Waals surface area (Å²) in [6, 6.07) is 0.295. The van der Waals surface area contributed by atoms with Gasteiger partial charge in [0.2, 0.25) is 5.91 Å². The molecule has 0 saturated carbocycles. The van der Waals surface area contributed by atoms with Crippen LogP contribution in [-0.4, -0.2) is 11.9 Å². The predicted octanol–water partition coefficient (Wildman–Crippen LogP) is 2.69. The first kappa shape index (κ1) is 12.5. The van der Waals surface area contributed by atoms with Crippen molar-refractivity contribution in [2.75, 3.05) is 0 Å². The Labute approximate surface area is 82.1 Å². The molecule has 0 saturated heterocycles. The quantitative estimate of drug-likeness (QED) is 0.675. The molecule has 0 aromatic rings. The summed E-state index contributed by atoms with van der Waals surface area (Å²) >= 11 is 0. The number of carbonyl (C=O) groups excluding carboxylic acids is 1. The van der Waals surface area contributed by atoms with Crippen molar-refractivity contribution >= 4 is 5.91 Å². The monoisotopic (exact) mass is 184 g/mol. The molecule has 0 aromatic carbocycles. The lowest BCUT2D eigenvalue weighted by Crippen LogP contribution is -2.35. The zero-order valence-electron chi connectivity index (χ0n) is 9.31. The van der Waals surface area contributed by atoms with Crippen molar-refractivity contribution in [3.05, 3.63) is 5.92 Å². The Morgan fingerprint density at radius 2 is 2.00 bits per heavy atom.